The zero-order chi connectivity index (χ0) is 13.8. The molecule has 0 fully saturated rings. The van der Waals surface area contributed by atoms with Crippen LogP contribution in [0, 0.1) is 5.82 Å². The van der Waals surface area contributed by atoms with E-state index in [1.54, 1.807) is 12.1 Å². The van der Waals surface area contributed by atoms with Crippen molar-refractivity contribution in [3.05, 3.63) is 65.0 Å². The van der Waals surface area contributed by atoms with E-state index in [1.165, 1.54) is 18.7 Å². The zero-order valence-corrected chi connectivity index (χ0v) is 11.2. The van der Waals surface area contributed by atoms with Crippen molar-refractivity contribution in [2.24, 2.45) is 5.73 Å². The molecule has 0 aliphatic heterocycles. The van der Waals surface area contributed by atoms with Crippen LogP contribution in [0.15, 0.2) is 42.5 Å². The summed E-state index contributed by atoms with van der Waals surface area (Å²) in [5, 5.41) is 0. The van der Waals surface area contributed by atoms with Gasteiger partial charge in [0.25, 0.3) is 0 Å². The summed E-state index contributed by atoms with van der Waals surface area (Å²) in [6, 6.07) is 12.6. The maximum absolute atomic E-state index is 13.7. The average molecular weight is 259 g/mol. The normalized spacial score (nSPS) is 12.2. The Morgan fingerprint density at radius 2 is 1.74 bits per heavy atom. The van der Waals surface area contributed by atoms with Gasteiger partial charge in [-0.3, -0.25) is 0 Å². The summed E-state index contributed by atoms with van der Waals surface area (Å²) in [5.41, 5.74) is 9.13. The molecule has 0 amide bonds. The van der Waals surface area contributed by atoms with Crippen LogP contribution in [0.3, 0.4) is 0 Å². The third-order valence-electron chi connectivity index (χ3n) is 3.28. The summed E-state index contributed by atoms with van der Waals surface area (Å²) in [6.07, 6.45) is 0.993. The maximum atomic E-state index is 13.7. The fraction of sp³-hybridized carbons (Fsp3) is 0.250. The average Bonchev–Trinajstić information content (AvgIpc) is 2.46. The fourth-order valence-corrected chi connectivity index (χ4v) is 2.03. The van der Waals surface area contributed by atoms with Crippen LogP contribution in [0.2, 0.25) is 0 Å². The number of benzene rings is 2. The first-order valence-electron chi connectivity index (χ1n) is 6.33. The van der Waals surface area contributed by atoms with Gasteiger partial charge in [0.2, 0.25) is 0 Å². The molecule has 100 valence electrons. The highest BCUT2D eigenvalue weighted by Gasteiger charge is 2.11. The van der Waals surface area contributed by atoms with Gasteiger partial charge in [-0.2, -0.15) is 0 Å². The Kier molecular flexibility index (Phi) is 4.17. The highest BCUT2D eigenvalue weighted by Crippen LogP contribution is 2.25. The predicted octanol–water partition coefficient (Wildman–Crippen LogP) is 3.44. The highest BCUT2D eigenvalue weighted by atomic mass is 19.1. The van der Waals surface area contributed by atoms with Crippen molar-refractivity contribution in [2.75, 3.05) is 7.11 Å². The largest absolute Gasteiger partial charge is 0.494 e. The number of halogens is 1. The van der Waals surface area contributed by atoms with E-state index in [0.717, 1.165) is 17.5 Å². The minimum absolute atomic E-state index is 0.234. The first-order valence-corrected chi connectivity index (χ1v) is 6.33. The molecule has 0 aromatic heterocycles. The second-order valence-electron chi connectivity index (χ2n) is 4.47. The van der Waals surface area contributed by atoms with Crippen LogP contribution in [-0.4, -0.2) is 7.11 Å². The van der Waals surface area contributed by atoms with Gasteiger partial charge in [-0.15, -0.1) is 0 Å². The Morgan fingerprint density at radius 1 is 1.11 bits per heavy atom. The molecule has 2 rings (SSSR count). The Morgan fingerprint density at radius 3 is 2.26 bits per heavy atom. The number of hydrogen-bond donors (Lipinski definition) is 1. The van der Waals surface area contributed by atoms with Gasteiger partial charge >= 0.3 is 0 Å². The summed E-state index contributed by atoms with van der Waals surface area (Å²) in [4.78, 5) is 0. The molecule has 0 radical (unpaired) electrons. The lowest BCUT2D eigenvalue weighted by molar-refractivity contribution is 0.386. The van der Waals surface area contributed by atoms with Gasteiger partial charge in [0.1, 0.15) is 0 Å². The number of aryl methyl sites for hydroxylation is 1. The molecular weight excluding hydrogens is 241 g/mol. The molecule has 2 nitrogen and oxygen atoms in total. The lowest BCUT2D eigenvalue weighted by Gasteiger charge is -2.14. The molecule has 0 saturated heterocycles. The minimum Gasteiger partial charge on any atom is -0.494 e. The summed E-state index contributed by atoms with van der Waals surface area (Å²) >= 11 is 0. The van der Waals surface area contributed by atoms with Crippen LogP contribution in [0.1, 0.15) is 29.7 Å². The summed E-state index contributed by atoms with van der Waals surface area (Å²) in [5.74, 6) is -0.155. The lowest BCUT2D eigenvalue weighted by Crippen LogP contribution is -2.12. The Hall–Kier alpha value is -1.87. The smallest absolute Gasteiger partial charge is 0.165 e. The molecule has 0 spiro atoms. The van der Waals surface area contributed by atoms with Gasteiger partial charge in [0, 0.05) is 0 Å². The molecule has 19 heavy (non-hydrogen) atoms. The molecule has 2 N–H and O–H groups in total. The van der Waals surface area contributed by atoms with Gasteiger partial charge < -0.3 is 10.5 Å². The van der Waals surface area contributed by atoms with Crippen molar-refractivity contribution < 1.29 is 9.13 Å². The van der Waals surface area contributed by atoms with E-state index in [-0.39, 0.29) is 17.6 Å². The maximum Gasteiger partial charge on any atom is 0.165 e. The van der Waals surface area contributed by atoms with Gasteiger partial charge in [-0.25, -0.2) is 4.39 Å². The van der Waals surface area contributed by atoms with Crippen LogP contribution in [0.25, 0.3) is 0 Å². The van der Waals surface area contributed by atoms with E-state index < -0.39 is 0 Å². The van der Waals surface area contributed by atoms with Crippen molar-refractivity contribution in [3.63, 3.8) is 0 Å². The SMILES string of the molecule is CCc1ccc(C(N)c2ccc(OC)c(F)c2)cc1. The molecule has 0 aliphatic rings. The number of nitrogens with two attached hydrogens (primary N) is 1. The second kappa shape index (κ2) is 5.85. The van der Waals surface area contributed by atoms with Gasteiger partial charge in [-0.1, -0.05) is 37.3 Å². The van der Waals surface area contributed by atoms with E-state index in [1.807, 2.05) is 12.1 Å². The van der Waals surface area contributed by atoms with Gasteiger partial charge in [-0.05, 0) is 35.2 Å². The van der Waals surface area contributed by atoms with E-state index >= 15 is 0 Å². The topological polar surface area (TPSA) is 35.2 Å². The Bertz CT molecular complexity index is 551. The van der Waals surface area contributed by atoms with E-state index in [0.29, 0.717) is 0 Å². The predicted molar refractivity (Wildman–Crippen MR) is 74.8 cm³/mol. The molecule has 1 unspecified atom stereocenters. The molecule has 1 atom stereocenters. The number of rotatable bonds is 4. The van der Waals surface area contributed by atoms with Crippen LogP contribution in [0.4, 0.5) is 4.39 Å². The second-order valence-corrected chi connectivity index (χ2v) is 4.47. The van der Waals surface area contributed by atoms with Crippen molar-refractivity contribution >= 4 is 0 Å². The number of hydrogen-bond acceptors (Lipinski definition) is 2. The Balaban J connectivity index is 2.27. The summed E-state index contributed by atoms with van der Waals surface area (Å²) < 4.78 is 18.6. The highest BCUT2D eigenvalue weighted by molar-refractivity contribution is 5.37. The van der Waals surface area contributed by atoms with Crippen LogP contribution >= 0.6 is 0 Å². The molecule has 0 aliphatic carbocycles. The third kappa shape index (κ3) is 2.93. The van der Waals surface area contributed by atoms with Crippen molar-refractivity contribution in [3.8, 4) is 5.75 Å². The van der Waals surface area contributed by atoms with Gasteiger partial charge in [0.05, 0.1) is 13.2 Å². The van der Waals surface area contributed by atoms with Crippen molar-refractivity contribution in [1.29, 1.82) is 0 Å². The Labute approximate surface area is 113 Å². The lowest BCUT2D eigenvalue weighted by atomic mass is 9.98. The molecule has 0 saturated carbocycles. The minimum atomic E-state index is -0.388. The fourth-order valence-electron chi connectivity index (χ4n) is 2.03. The molecule has 2 aromatic carbocycles. The van der Waals surface area contributed by atoms with Gasteiger partial charge in [0.15, 0.2) is 11.6 Å². The monoisotopic (exact) mass is 259 g/mol. The third-order valence-corrected chi connectivity index (χ3v) is 3.28. The van der Waals surface area contributed by atoms with Crippen molar-refractivity contribution in [2.45, 2.75) is 19.4 Å². The van der Waals surface area contributed by atoms with E-state index in [2.05, 4.69) is 19.1 Å². The van der Waals surface area contributed by atoms with Crippen molar-refractivity contribution in [1.82, 2.24) is 0 Å². The quantitative estimate of drug-likeness (QED) is 0.912. The summed E-state index contributed by atoms with van der Waals surface area (Å²) in [6.45, 7) is 2.10. The van der Waals surface area contributed by atoms with Crippen LogP contribution in [-0.2, 0) is 6.42 Å². The van der Waals surface area contributed by atoms with E-state index in [4.69, 9.17) is 10.5 Å². The standard InChI is InChI=1S/C16H18FNO/c1-3-11-4-6-12(7-5-11)16(18)13-8-9-15(19-2)14(17)10-13/h4-10,16H,3,18H2,1-2H3. The first-order chi connectivity index (χ1) is 9.15. The van der Waals surface area contributed by atoms with E-state index in [9.17, 15) is 4.39 Å². The molecule has 2 aromatic rings. The molecule has 0 heterocycles. The number of methoxy groups -OCH3 is 1. The molecule has 0 bridgehead atoms. The number of ether oxygens (including phenoxy) is 1. The van der Waals surface area contributed by atoms with Crippen LogP contribution < -0.4 is 10.5 Å². The molecular formula is C16H18FNO. The summed E-state index contributed by atoms with van der Waals surface area (Å²) in [7, 11) is 1.45. The zero-order valence-electron chi connectivity index (χ0n) is 11.2. The van der Waals surface area contributed by atoms with Crippen LogP contribution in [0.5, 0.6) is 5.75 Å². The first kappa shape index (κ1) is 13.6. The molecule has 3 heteroatoms.